The number of alkyl halides is 7. The third-order valence-electron chi connectivity index (χ3n) is 2.22. The molecule has 0 N–H and O–H groups in total. The van der Waals surface area contributed by atoms with Gasteiger partial charge in [0.15, 0.2) is 5.60 Å². The minimum Gasteiger partial charge on any atom is -0.545 e. The van der Waals surface area contributed by atoms with Crippen LogP contribution < -0.4 is 5.11 Å². The van der Waals surface area contributed by atoms with E-state index in [1.165, 1.54) is 0 Å². The third-order valence-corrected chi connectivity index (χ3v) is 2.22. The Labute approximate surface area is 113 Å². The van der Waals surface area contributed by atoms with E-state index in [2.05, 4.69) is 4.74 Å². The van der Waals surface area contributed by atoms with Gasteiger partial charge in [-0.25, -0.2) is 4.79 Å². The lowest BCUT2D eigenvalue weighted by molar-refractivity contribution is -0.383. The van der Waals surface area contributed by atoms with Gasteiger partial charge in [-0.05, 0) is 19.9 Å². The highest BCUT2D eigenvalue weighted by molar-refractivity contribution is 5.90. The molecule has 0 amide bonds. The number of carboxylic acids is 1. The first-order valence-electron chi connectivity index (χ1n) is 5.00. The molecule has 4 nitrogen and oxygen atoms in total. The molecule has 0 rings (SSSR count). The summed E-state index contributed by atoms with van der Waals surface area (Å²) in [5, 5.41) is 9.93. The van der Waals surface area contributed by atoms with Crippen LogP contribution in [0.15, 0.2) is 12.2 Å². The van der Waals surface area contributed by atoms with Gasteiger partial charge in [-0.1, -0.05) is 0 Å². The predicted octanol–water partition coefficient (Wildman–Crippen LogP) is 1.45. The number of aliphatic carboxylic acids is 1. The summed E-state index contributed by atoms with van der Waals surface area (Å²) in [5.41, 5.74) is -3.57. The zero-order valence-electron chi connectivity index (χ0n) is 10.4. The average Bonchev–Trinajstić information content (AvgIpc) is 2.23. The van der Waals surface area contributed by atoms with Crippen molar-refractivity contribution in [3.8, 4) is 0 Å². The molecule has 0 fully saturated rings. The van der Waals surface area contributed by atoms with Gasteiger partial charge in [-0.2, -0.15) is 30.7 Å². The molecule has 11 heteroatoms. The van der Waals surface area contributed by atoms with Crippen molar-refractivity contribution in [1.29, 1.82) is 0 Å². The molecule has 0 saturated heterocycles. The van der Waals surface area contributed by atoms with Crippen LogP contribution in [0.1, 0.15) is 13.8 Å². The molecule has 0 heterocycles. The van der Waals surface area contributed by atoms with E-state index in [-0.39, 0.29) is 26.0 Å². The third kappa shape index (κ3) is 3.85. The van der Waals surface area contributed by atoms with Crippen LogP contribution in [0.25, 0.3) is 0 Å². The lowest BCUT2D eigenvalue weighted by atomic mass is 9.94. The van der Waals surface area contributed by atoms with Crippen LogP contribution in [-0.2, 0) is 14.3 Å². The highest BCUT2D eigenvalue weighted by Gasteiger charge is 2.78. The van der Waals surface area contributed by atoms with Gasteiger partial charge in [-0.15, -0.1) is 0 Å². The largest absolute Gasteiger partial charge is 0.545 e. The van der Waals surface area contributed by atoms with Crippen molar-refractivity contribution in [2.75, 3.05) is 0 Å². The summed E-state index contributed by atoms with van der Waals surface area (Å²) in [6.07, 6.45) is -6.53. The summed E-state index contributed by atoms with van der Waals surface area (Å²) in [7, 11) is 0. The first-order chi connectivity index (χ1) is 9.06. The summed E-state index contributed by atoms with van der Waals surface area (Å²) in [5.74, 6) is -16.1. The summed E-state index contributed by atoms with van der Waals surface area (Å²) >= 11 is 0. The van der Waals surface area contributed by atoms with Crippen LogP contribution in [0.2, 0.25) is 0 Å². The molecule has 0 spiro atoms. The maximum atomic E-state index is 13.3. The van der Waals surface area contributed by atoms with Gasteiger partial charge in [0, 0.05) is 6.08 Å². The Morgan fingerprint density at radius 2 is 1.33 bits per heavy atom. The van der Waals surface area contributed by atoms with Gasteiger partial charge in [-0.3, -0.25) is 0 Å². The lowest BCUT2D eigenvalue weighted by Crippen LogP contribution is -2.63. The van der Waals surface area contributed by atoms with Gasteiger partial charge in [0.05, 0.1) is 5.97 Å². The van der Waals surface area contributed by atoms with Crippen LogP contribution in [0, 0.1) is 0 Å². The van der Waals surface area contributed by atoms with Gasteiger partial charge in [0.2, 0.25) is 0 Å². The molecule has 0 unspecified atom stereocenters. The number of rotatable bonds is 5. The Balaban J connectivity index is 5.40. The van der Waals surface area contributed by atoms with Crippen molar-refractivity contribution < 1.29 is 50.2 Å². The van der Waals surface area contributed by atoms with Crippen molar-refractivity contribution in [3.05, 3.63) is 12.2 Å². The second-order valence-electron chi connectivity index (χ2n) is 4.23. The molecule has 0 atom stereocenters. The van der Waals surface area contributed by atoms with Crippen molar-refractivity contribution >= 4 is 11.9 Å². The van der Waals surface area contributed by atoms with Crippen molar-refractivity contribution in [1.82, 2.24) is 0 Å². The van der Waals surface area contributed by atoms with E-state index in [1.807, 2.05) is 0 Å². The van der Waals surface area contributed by atoms with E-state index in [4.69, 9.17) is 0 Å². The Morgan fingerprint density at radius 1 is 0.905 bits per heavy atom. The van der Waals surface area contributed by atoms with E-state index >= 15 is 0 Å². The summed E-state index contributed by atoms with van der Waals surface area (Å²) in [6.45, 7) is 0.245. The SMILES string of the molecule is CC(C)(OC(=O)C=CC(=O)[O-])C(F)(F)C(F)(F)C(F)(F)F. The van der Waals surface area contributed by atoms with E-state index < -0.39 is 35.6 Å². The fraction of sp³-hybridized carbons (Fsp3) is 0.600. The predicted molar refractivity (Wildman–Crippen MR) is 50.3 cm³/mol. The quantitative estimate of drug-likeness (QED) is 0.436. The number of esters is 1. The molecule has 0 aliphatic rings. The normalized spacial score (nSPS) is 14.3. The first kappa shape index (κ1) is 19.2. The van der Waals surface area contributed by atoms with Crippen molar-refractivity contribution in [2.24, 2.45) is 0 Å². The van der Waals surface area contributed by atoms with Gasteiger partial charge >= 0.3 is 24.0 Å². The molecule has 0 saturated carbocycles. The molecular weight excluding hydrogens is 317 g/mol. The Hall–Kier alpha value is -1.81. The molecule has 0 aromatic carbocycles. The molecule has 0 aromatic rings. The van der Waals surface area contributed by atoms with Crippen molar-refractivity contribution in [3.63, 3.8) is 0 Å². The zero-order valence-corrected chi connectivity index (χ0v) is 10.4. The molecular formula is C10H8F7O4-. The Kier molecular flexibility index (Phi) is 5.05. The highest BCUT2D eigenvalue weighted by Crippen LogP contribution is 2.52. The van der Waals surface area contributed by atoms with Crippen LogP contribution in [0.4, 0.5) is 30.7 Å². The minimum atomic E-state index is -6.58. The number of carboxylic acid groups (broad SMARTS) is 1. The van der Waals surface area contributed by atoms with E-state index in [0.29, 0.717) is 0 Å². The van der Waals surface area contributed by atoms with E-state index in [9.17, 15) is 45.4 Å². The number of ether oxygens (including phenoxy) is 1. The molecule has 0 bridgehead atoms. The maximum Gasteiger partial charge on any atom is 0.460 e. The maximum absolute atomic E-state index is 13.3. The molecule has 0 aromatic heterocycles. The summed E-state index contributed by atoms with van der Waals surface area (Å²) < 4.78 is 92.0. The fourth-order valence-corrected chi connectivity index (χ4v) is 1.04. The number of hydrogen-bond acceptors (Lipinski definition) is 4. The smallest absolute Gasteiger partial charge is 0.460 e. The number of carbonyl (C=O) groups is 2. The Bertz CT molecular complexity index is 451. The van der Waals surface area contributed by atoms with Crippen molar-refractivity contribution in [2.45, 2.75) is 37.5 Å². The summed E-state index contributed by atoms with van der Waals surface area (Å²) in [6, 6.07) is 0. The molecule has 122 valence electrons. The standard InChI is InChI=1S/C10H9F7O4/c1-7(2,21-6(20)4-3-5(18)19)8(11,12)9(13,14)10(15,16)17/h3-4H,1-2H3,(H,18,19)/p-1. The number of halogens is 7. The molecule has 0 aliphatic carbocycles. The van der Waals surface area contributed by atoms with Gasteiger partial charge in [0.25, 0.3) is 0 Å². The van der Waals surface area contributed by atoms with Gasteiger partial charge in [0.1, 0.15) is 0 Å². The fourth-order valence-electron chi connectivity index (χ4n) is 1.04. The Morgan fingerprint density at radius 3 is 1.67 bits per heavy atom. The highest BCUT2D eigenvalue weighted by atomic mass is 19.4. The van der Waals surface area contributed by atoms with E-state index in [0.717, 1.165) is 0 Å². The minimum absolute atomic E-state index is 0.0262. The first-order valence-corrected chi connectivity index (χ1v) is 5.00. The zero-order chi connectivity index (χ0) is 17.3. The van der Waals surface area contributed by atoms with Crippen LogP contribution in [-0.4, -0.2) is 35.6 Å². The van der Waals surface area contributed by atoms with Crippen LogP contribution in [0.3, 0.4) is 0 Å². The number of carbonyl (C=O) groups excluding carboxylic acids is 2. The monoisotopic (exact) mass is 325 g/mol. The van der Waals surface area contributed by atoms with Crippen LogP contribution >= 0.6 is 0 Å². The van der Waals surface area contributed by atoms with Crippen LogP contribution in [0.5, 0.6) is 0 Å². The topological polar surface area (TPSA) is 66.4 Å². The summed E-state index contributed by atoms with van der Waals surface area (Å²) in [4.78, 5) is 20.9. The number of hydrogen-bond donors (Lipinski definition) is 0. The van der Waals surface area contributed by atoms with E-state index in [1.54, 1.807) is 0 Å². The molecule has 21 heavy (non-hydrogen) atoms. The molecule has 0 aliphatic heterocycles. The average molecular weight is 325 g/mol. The second-order valence-corrected chi connectivity index (χ2v) is 4.23. The lowest BCUT2D eigenvalue weighted by Gasteiger charge is -2.38. The molecule has 0 radical (unpaired) electrons. The second kappa shape index (κ2) is 5.53. The van der Waals surface area contributed by atoms with Gasteiger partial charge < -0.3 is 14.6 Å².